The second-order valence-electron chi connectivity index (χ2n) is 15.4. The van der Waals surface area contributed by atoms with E-state index in [-0.39, 0.29) is 89.7 Å². The third-order valence-electron chi connectivity index (χ3n) is 11.0. The molecule has 3 aromatic carbocycles. The number of hydrogen-bond acceptors (Lipinski definition) is 9. The number of aliphatic imine (C=N–C) groups is 1. The number of benzene rings is 3. The molecule has 61 heavy (non-hydrogen) atoms. The summed E-state index contributed by atoms with van der Waals surface area (Å²) in [5.74, 6) is 1.07. The standard InChI is InChI=1S/C42H49ClN8O6.4H2S/c1-23(2)36(45-22-57-56-6)40(52)51-16-8-10-35(51)39-46-31-19-29(30(43)20-32(31)47-39)27-13-11-26-18-28(14-12-25(26)17-27)33-21-44-38(48-33)34-9-7-15-50(34)41(53)37(24(3)4)49-42(54)55-5;;;;/h11-14,17-24,34-37H,7-10,15-16H2,1-6H3,(H,44,48)(H,46,47)(H,49,54);4*1H2/t34-,35-,36-,37-;;;;/m0..../s1. The molecule has 0 radical (unpaired) electrons. The summed E-state index contributed by atoms with van der Waals surface area (Å²) in [5.41, 5.74) is 5.20. The number of fused-ring (bicyclic) bond motifs is 2. The number of halogens is 1. The SMILES string of the molecule is COOC=N[C@H](C(=O)N1CCC[C@H]1c1nc2cc(-c3ccc4cc(-c5cnc([C@@H]6CCCN6C(=O)[C@@H](NC(=O)OC)C(C)C)[nH]5)ccc4c3)c(Cl)cc2[nH]1)C(C)C.S.S.S.S. The molecule has 0 bridgehead atoms. The highest BCUT2D eigenvalue weighted by Gasteiger charge is 2.38. The number of hydrogen-bond donors (Lipinski definition) is 3. The Hall–Kier alpha value is -4.07. The molecule has 14 nitrogen and oxygen atoms in total. The van der Waals surface area contributed by atoms with E-state index in [0.717, 1.165) is 75.7 Å². The molecule has 19 heteroatoms. The van der Waals surface area contributed by atoms with Crippen LogP contribution in [0.2, 0.25) is 5.02 Å². The van der Waals surface area contributed by atoms with E-state index >= 15 is 0 Å². The number of methoxy groups -OCH3 is 1. The van der Waals surface area contributed by atoms with Gasteiger partial charge in [-0.3, -0.25) is 9.59 Å². The van der Waals surface area contributed by atoms with Gasteiger partial charge in [-0.2, -0.15) is 58.9 Å². The number of nitrogens with zero attached hydrogens (tertiary/aromatic N) is 5. The number of aromatic amines is 2. The number of nitrogens with one attached hydrogen (secondary N) is 3. The van der Waals surface area contributed by atoms with E-state index in [1.165, 1.54) is 20.6 Å². The van der Waals surface area contributed by atoms with E-state index in [0.29, 0.717) is 23.9 Å². The van der Waals surface area contributed by atoms with Gasteiger partial charge >= 0.3 is 6.09 Å². The van der Waals surface area contributed by atoms with Crippen LogP contribution in [0.1, 0.15) is 77.1 Å². The maximum atomic E-state index is 13.7. The summed E-state index contributed by atoms with van der Waals surface area (Å²) in [5, 5.41) is 5.37. The molecule has 2 aromatic heterocycles. The van der Waals surface area contributed by atoms with Crippen molar-refractivity contribution in [1.29, 1.82) is 0 Å². The number of ether oxygens (including phenoxy) is 1. The van der Waals surface area contributed by atoms with E-state index in [4.69, 9.17) is 31.2 Å². The summed E-state index contributed by atoms with van der Waals surface area (Å²) in [6, 6.07) is 14.6. The van der Waals surface area contributed by atoms with Crippen LogP contribution in [-0.4, -0.2) is 93.4 Å². The van der Waals surface area contributed by atoms with Crippen LogP contribution < -0.4 is 5.32 Å². The zero-order chi connectivity index (χ0) is 40.4. The molecular weight excluding hydrogens is 876 g/mol. The Labute approximate surface area is 389 Å². The fourth-order valence-electron chi connectivity index (χ4n) is 7.99. The van der Waals surface area contributed by atoms with Crippen molar-refractivity contribution < 1.29 is 28.9 Å². The molecule has 2 saturated heterocycles. The molecule has 4 atom stereocenters. The van der Waals surface area contributed by atoms with Gasteiger partial charge < -0.3 is 34.7 Å². The zero-order valence-corrected chi connectivity index (χ0v) is 39.8. The molecule has 7 rings (SSSR count). The van der Waals surface area contributed by atoms with Crippen molar-refractivity contribution in [3.63, 3.8) is 0 Å². The van der Waals surface area contributed by atoms with Crippen molar-refractivity contribution in [3.8, 4) is 22.4 Å². The lowest BCUT2D eigenvalue weighted by molar-refractivity contribution is -0.188. The lowest BCUT2D eigenvalue weighted by Crippen LogP contribution is -2.51. The fourth-order valence-corrected chi connectivity index (χ4v) is 8.27. The molecule has 0 unspecified atom stereocenters. The maximum Gasteiger partial charge on any atom is 0.407 e. The van der Waals surface area contributed by atoms with Gasteiger partial charge in [0.05, 0.1) is 54.3 Å². The van der Waals surface area contributed by atoms with Gasteiger partial charge in [0.2, 0.25) is 18.2 Å². The van der Waals surface area contributed by atoms with Gasteiger partial charge in [0.15, 0.2) is 0 Å². The molecule has 2 aliphatic rings. The van der Waals surface area contributed by atoms with E-state index in [2.05, 4.69) is 61.6 Å². The Balaban J connectivity index is 0.00000248. The summed E-state index contributed by atoms with van der Waals surface area (Å²) in [6.45, 7) is 8.92. The number of rotatable bonds is 12. The number of alkyl carbamates (subject to hydrolysis) is 1. The van der Waals surface area contributed by atoms with Crippen LogP contribution >= 0.6 is 65.6 Å². The molecule has 0 saturated carbocycles. The number of amides is 3. The van der Waals surface area contributed by atoms with Crippen LogP contribution in [-0.2, 0) is 24.1 Å². The van der Waals surface area contributed by atoms with Gasteiger partial charge in [-0.15, -0.1) is 0 Å². The number of H-pyrrole nitrogens is 2. The van der Waals surface area contributed by atoms with Crippen LogP contribution in [0.25, 0.3) is 44.2 Å². The van der Waals surface area contributed by atoms with Crippen LogP contribution in [0.15, 0.2) is 59.7 Å². The number of aromatic nitrogens is 4. The molecular formula is C42H57ClN8O6S4. The Morgan fingerprint density at radius 1 is 0.836 bits per heavy atom. The van der Waals surface area contributed by atoms with E-state index < -0.39 is 18.2 Å². The molecule has 0 spiro atoms. The van der Waals surface area contributed by atoms with Crippen LogP contribution in [0.3, 0.4) is 0 Å². The van der Waals surface area contributed by atoms with Crippen LogP contribution in [0.4, 0.5) is 4.79 Å². The predicted molar refractivity (Wildman–Crippen MR) is 260 cm³/mol. The summed E-state index contributed by atoms with van der Waals surface area (Å²) in [7, 11) is 2.68. The molecule has 0 aliphatic carbocycles. The lowest BCUT2D eigenvalue weighted by atomic mass is 9.99. The van der Waals surface area contributed by atoms with Crippen LogP contribution in [0.5, 0.6) is 0 Å². The zero-order valence-electron chi connectivity index (χ0n) is 35.0. The van der Waals surface area contributed by atoms with Gasteiger partial charge in [-0.25, -0.2) is 19.8 Å². The van der Waals surface area contributed by atoms with E-state index in [1.807, 2.05) is 49.6 Å². The molecule has 5 aromatic rings. The smallest absolute Gasteiger partial charge is 0.407 e. The van der Waals surface area contributed by atoms with Crippen molar-refractivity contribution in [2.45, 2.75) is 77.5 Å². The summed E-state index contributed by atoms with van der Waals surface area (Å²) >= 11 is 6.92. The Kier molecular flexibility index (Phi) is 18.8. The fraction of sp³-hybridized carbons (Fsp3) is 0.429. The van der Waals surface area contributed by atoms with Gasteiger partial charge in [-0.05, 0) is 78.1 Å². The Morgan fingerprint density at radius 2 is 1.46 bits per heavy atom. The number of carbonyl (C=O) groups excluding carboxylic acids is 3. The topological polar surface area (TPSA) is 167 Å². The van der Waals surface area contributed by atoms with Crippen molar-refractivity contribution in [2.24, 2.45) is 16.8 Å². The number of imidazole rings is 2. The first-order valence-corrected chi connectivity index (χ1v) is 19.8. The van der Waals surface area contributed by atoms with Crippen molar-refractivity contribution in [3.05, 3.63) is 71.4 Å². The van der Waals surface area contributed by atoms with Gasteiger partial charge in [0, 0.05) is 24.2 Å². The maximum absolute atomic E-state index is 13.7. The molecule has 2 fully saturated rings. The summed E-state index contributed by atoms with van der Waals surface area (Å²) in [4.78, 5) is 73.3. The predicted octanol–water partition coefficient (Wildman–Crippen LogP) is 8.22. The Morgan fingerprint density at radius 3 is 2.08 bits per heavy atom. The molecule has 3 N–H and O–H groups in total. The monoisotopic (exact) mass is 932 g/mol. The van der Waals surface area contributed by atoms with Crippen molar-refractivity contribution in [1.82, 2.24) is 35.1 Å². The van der Waals surface area contributed by atoms with Gasteiger partial charge in [0.25, 0.3) is 0 Å². The first-order chi connectivity index (χ1) is 27.5. The average molecular weight is 934 g/mol. The van der Waals surface area contributed by atoms with Crippen molar-refractivity contribution >= 4 is 112 Å². The molecule has 3 amide bonds. The molecule has 2 aliphatic heterocycles. The highest BCUT2D eigenvalue weighted by molar-refractivity contribution is 7.59. The van der Waals surface area contributed by atoms with Crippen LogP contribution in [0, 0.1) is 11.8 Å². The largest absolute Gasteiger partial charge is 0.453 e. The highest BCUT2D eigenvalue weighted by atomic mass is 35.5. The van der Waals surface area contributed by atoms with Crippen molar-refractivity contribution in [2.75, 3.05) is 27.3 Å². The highest BCUT2D eigenvalue weighted by Crippen LogP contribution is 2.38. The minimum absolute atomic E-state index is 0. The minimum Gasteiger partial charge on any atom is -0.453 e. The first-order valence-electron chi connectivity index (χ1n) is 19.4. The quantitative estimate of drug-likeness (QED) is 0.0487. The minimum atomic E-state index is -0.696. The Bertz CT molecular complexity index is 2320. The third kappa shape index (κ3) is 10.9. The second kappa shape index (κ2) is 22.3. The van der Waals surface area contributed by atoms with E-state index in [1.54, 1.807) is 6.20 Å². The first kappa shape index (κ1) is 51.3. The summed E-state index contributed by atoms with van der Waals surface area (Å²) in [6.07, 6.45) is 5.61. The number of carbonyl (C=O) groups is 3. The van der Waals surface area contributed by atoms with E-state index in [9.17, 15) is 14.4 Å². The average Bonchev–Trinajstić information content (AvgIpc) is 4.03. The van der Waals surface area contributed by atoms with Gasteiger partial charge in [-0.1, -0.05) is 63.6 Å². The third-order valence-corrected chi connectivity index (χ3v) is 11.3. The normalized spacial score (nSPS) is 17.1. The lowest BCUT2D eigenvalue weighted by Gasteiger charge is -2.30. The second-order valence-corrected chi connectivity index (χ2v) is 15.8. The summed E-state index contributed by atoms with van der Waals surface area (Å²) < 4.78 is 4.77. The molecule has 332 valence electrons. The van der Waals surface area contributed by atoms with Gasteiger partial charge in [0.1, 0.15) is 23.7 Å². The number of likely N-dealkylation sites (tertiary alicyclic amines) is 2. The molecule has 4 heterocycles.